The van der Waals surface area contributed by atoms with E-state index in [-0.39, 0.29) is 5.91 Å². The number of hydrogen-bond acceptors (Lipinski definition) is 2. The van der Waals surface area contributed by atoms with E-state index >= 15 is 0 Å². The second-order valence-electron chi connectivity index (χ2n) is 8.15. The third-order valence-electron chi connectivity index (χ3n) is 5.55. The SMILES string of the molecule is CCCCCCCCC(=O)N(CCOC)Cc1cccn1Cc1cccc(C(F)(F)F)c1. The average molecular weight is 453 g/mol. The highest BCUT2D eigenvalue weighted by Gasteiger charge is 2.30. The Balaban J connectivity index is 2.00. The maximum absolute atomic E-state index is 13.0. The topological polar surface area (TPSA) is 34.5 Å². The van der Waals surface area contributed by atoms with Crippen LogP contribution in [0, 0.1) is 0 Å². The Kier molecular flexibility index (Phi) is 10.8. The Morgan fingerprint density at radius 1 is 1.06 bits per heavy atom. The Bertz CT molecular complexity index is 818. The number of carbonyl (C=O) groups is 1. The summed E-state index contributed by atoms with van der Waals surface area (Å²) in [4.78, 5) is 14.6. The third kappa shape index (κ3) is 8.69. The molecule has 0 aliphatic rings. The van der Waals surface area contributed by atoms with Crippen LogP contribution in [0.1, 0.15) is 68.7 Å². The lowest BCUT2D eigenvalue weighted by Gasteiger charge is -2.23. The van der Waals surface area contributed by atoms with Crippen molar-refractivity contribution in [2.45, 2.75) is 71.1 Å². The molecule has 0 saturated carbocycles. The average Bonchev–Trinajstić information content (AvgIpc) is 3.19. The summed E-state index contributed by atoms with van der Waals surface area (Å²) in [5, 5.41) is 0. The zero-order valence-electron chi connectivity index (χ0n) is 19.2. The lowest BCUT2D eigenvalue weighted by molar-refractivity contribution is -0.137. The van der Waals surface area contributed by atoms with E-state index in [2.05, 4.69) is 6.92 Å². The molecule has 178 valence electrons. The summed E-state index contributed by atoms with van der Waals surface area (Å²) in [7, 11) is 1.60. The molecule has 0 atom stereocenters. The molecule has 0 spiro atoms. The number of ether oxygens (including phenoxy) is 1. The monoisotopic (exact) mass is 452 g/mol. The summed E-state index contributed by atoms with van der Waals surface area (Å²) in [5.41, 5.74) is 0.800. The summed E-state index contributed by atoms with van der Waals surface area (Å²) >= 11 is 0. The largest absolute Gasteiger partial charge is 0.416 e. The van der Waals surface area contributed by atoms with Crippen LogP contribution >= 0.6 is 0 Å². The first-order chi connectivity index (χ1) is 15.3. The van der Waals surface area contributed by atoms with E-state index in [0.717, 1.165) is 31.0 Å². The third-order valence-corrected chi connectivity index (χ3v) is 5.55. The van der Waals surface area contributed by atoms with Gasteiger partial charge in [-0.2, -0.15) is 13.2 Å². The van der Waals surface area contributed by atoms with Crippen LogP contribution in [0.3, 0.4) is 0 Å². The van der Waals surface area contributed by atoms with Crippen molar-refractivity contribution >= 4 is 5.91 Å². The molecule has 7 heteroatoms. The van der Waals surface area contributed by atoms with Crippen molar-refractivity contribution < 1.29 is 22.7 Å². The van der Waals surface area contributed by atoms with Gasteiger partial charge in [-0.25, -0.2) is 0 Å². The fraction of sp³-hybridized carbons (Fsp3) is 0.560. The number of benzene rings is 1. The van der Waals surface area contributed by atoms with Crippen LogP contribution in [0.2, 0.25) is 0 Å². The minimum absolute atomic E-state index is 0.0874. The molecule has 0 unspecified atom stereocenters. The second-order valence-corrected chi connectivity index (χ2v) is 8.15. The van der Waals surface area contributed by atoms with E-state index in [4.69, 9.17) is 4.74 Å². The van der Waals surface area contributed by atoms with Crippen molar-refractivity contribution in [2.24, 2.45) is 0 Å². The lowest BCUT2D eigenvalue weighted by atomic mass is 10.1. The summed E-state index contributed by atoms with van der Waals surface area (Å²) in [6.45, 7) is 3.83. The first-order valence-electron chi connectivity index (χ1n) is 11.4. The maximum Gasteiger partial charge on any atom is 0.416 e. The Hall–Kier alpha value is -2.28. The van der Waals surface area contributed by atoms with Gasteiger partial charge in [0.05, 0.1) is 18.7 Å². The van der Waals surface area contributed by atoms with Gasteiger partial charge in [0.1, 0.15) is 0 Å². The first-order valence-corrected chi connectivity index (χ1v) is 11.4. The van der Waals surface area contributed by atoms with E-state index < -0.39 is 11.7 Å². The van der Waals surface area contributed by atoms with E-state index in [1.165, 1.54) is 31.4 Å². The van der Waals surface area contributed by atoms with Gasteiger partial charge in [0.2, 0.25) is 5.91 Å². The van der Waals surface area contributed by atoms with Crippen molar-refractivity contribution in [3.8, 4) is 0 Å². The van der Waals surface area contributed by atoms with Crippen molar-refractivity contribution in [1.82, 2.24) is 9.47 Å². The van der Waals surface area contributed by atoms with Crippen molar-refractivity contribution in [1.29, 1.82) is 0 Å². The fourth-order valence-corrected chi connectivity index (χ4v) is 3.69. The van der Waals surface area contributed by atoms with E-state index in [9.17, 15) is 18.0 Å². The highest BCUT2D eigenvalue weighted by molar-refractivity contribution is 5.76. The van der Waals surface area contributed by atoms with Crippen molar-refractivity contribution in [2.75, 3.05) is 20.3 Å². The molecular weight excluding hydrogens is 417 g/mol. The van der Waals surface area contributed by atoms with Gasteiger partial charge in [0.15, 0.2) is 0 Å². The molecule has 1 heterocycles. The molecule has 1 aromatic carbocycles. The van der Waals surface area contributed by atoms with Crippen LogP contribution in [-0.4, -0.2) is 35.6 Å². The van der Waals surface area contributed by atoms with Gasteiger partial charge < -0.3 is 14.2 Å². The maximum atomic E-state index is 13.0. The lowest BCUT2D eigenvalue weighted by Crippen LogP contribution is -2.34. The molecule has 2 rings (SSSR count). The van der Waals surface area contributed by atoms with Crippen molar-refractivity contribution in [3.63, 3.8) is 0 Å². The van der Waals surface area contributed by atoms with Gasteiger partial charge in [0.25, 0.3) is 0 Å². The van der Waals surface area contributed by atoms with Crippen LogP contribution in [0.5, 0.6) is 0 Å². The highest BCUT2D eigenvalue weighted by atomic mass is 19.4. The van der Waals surface area contributed by atoms with Gasteiger partial charge in [-0.05, 0) is 36.2 Å². The van der Waals surface area contributed by atoms with Crippen LogP contribution in [-0.2, 0) is 28.8 Å². The number of hydrogen-bond donors (Lipinski definition) is 0. The molecule has 0 aliphatic heterocycles. The minimum atomic E-state index is -4.37. The first kappa shape index (κ1) is 26.0. The predicted molar refractivity (Wildman–Crippen MR) is 120 cm³/mol. The molecule has 0 fully saturated rings. The van der Waals surface area contributed by atoms with Gasteiger partial charge in [-0.15, -0.1) is 0 Å². The summed E-state index contributed by atoms with van der Waals surface area (Å²) in [5.74, 6) is 0.0874. The number of rotatable bonds is 14. The quantitative estimate of drug-likeness (QED) is 0.316. The zero-order valence-corrected chi connectivity index (χ0v) is 19.2. The molecule has 0 N–H and O–H groups in total. The normalized spacial score (nSPS) is 11.7. The van der Waals surface area contributed by atoms with E-state index in [1.54, 1.807) is 18.1 Å². The number of carbonyl (C=O) groups excluding carboxylic acids is 1. The molecule has 0 saturated heterocycles. The molecule has 1 aromatic heterocycles. The predicted octanol–water partition coefficient (Wildman–Crippen LogP) is 6.28. The van der Waals surface area contributed by atoms with Crippen molar-refractivity contribution in [3.05, 3.63) is 59.4 Å². The Morgan fingerprint density at radius 2 is 1.81 bits per heavy atom. The molecule has 0 aliphatic carbocycles. The molecule has 0 radical (unpaired) electrons. The fourth-order valence-electron chi connectivity index (χ4n) is 3.69. The smallest absolute Gasteiger partial charge is 0.383 e. The molecule has 32 heavy (non-hydrogen) atoms. The number of nitrogens with zero attached hydrogens (tertiary/aromatic N) is 2. The molecular formula is C25H35F3N2O2. The number of aromatic nitrogens is 1. The summed E-state index contributed by atoms with van der Waals surface area (Å²) < 4.78 is 46.2. The van der Waals surface area contributed by atoms with Gasteiger partial charge >= 0.3 is 6.18 Å². The minimum Gasteiger partial charge on any atom is -0.383 e. The summed E-state index contributed by atoms with van der Waals surface area (Å²) in [6.07, 6.45) is 4.69. The molecule has 0 bridgehead atoms. The number of alkyl halides is 3. The molecule has 4 nitrogen and oxygen atoms in total. The van der Waals surface area contributed by atoms with Crippen LogP contribution in [0.25, 0.3) is 0 Å². The highest BCUT2D eigenvalue weighted by Crippen LogP contribution is 2.29. The van der Waals surface area contributed by atoms with Crippen LogP contribution < -0.4 is 0 Å². The van der Waals surface area contributed by atoms with E-state index in [0.29, 0.717) is 38.2 Å². The molecule has 2 aromatic rings. The standard InChI is InChI=1S/C25H35F3N2O2/c1-3-4-5-6-7-8-14-24(31)30(16-17-32-2)20-23-13-10-15-29(23)19-21-11-9-12-22(18-21)25(26,27)28/h9-13,15,18H,3-8,14,16-17,19-20H2,1-2H3. The Morgan fingerprint density at radius 3 is 2.53 bits per heavy atom. The van der Waals surface area contributed by atoms with Gasteiger partial charge in [-0.1, -0.05) is 51.2 Å². The second kappa shape index (κ2) is 13.3. The van der Waals surface area contributed by atoms with E-state index in [1.807, 2.05) is 22.9 Å². The molecule has 1 amide bonds. The van der Waals surface area contributed by atoms with Crippen LogP contribution in [0.4, 0.5) is 13.2 Å². The number of methoxy groups -OCH3 is 1. The van der Waals surface area contributed by atoms with Crippen LogP contribution in [0.15, 0.2) is 42.6 Å². The number of halogens is 3. The number of unbranched alkanes of at least 4 members (excludes halogenated alkanes) is 5. The van der Waals surface area contributed by atoms with Gasteiger partial charge in [0, 0.05) is 38.5 Å². The zero-order chi connectivity index (χ0) is 23.4. The Labute approximate surface area is 189 Å². The summed E-state index contributed by atoms with van der Waals surface area (Å²) in [6, 6.07) is 9.13. The number of amides is 1. The van der Waals surface area contributed by atoms with Gasteiger partial charge in [-0.3, -0.25) is 4.79 Å².